The number of anilines is 1. The van der Waals surface area contributed by atoms with E-state index in [-0.39, 0.29) is 23.1 Å². The number of hydrogen-bond donors (Lipinski definition) is 1. The van der Waals surface area contributed by atoms with Crippen LogP contribution in [0.2, 0.25) is 5.02 Å². The van der Waals surface area contributed by atoms with Crippen LogP contribution in [0.1, 0.15) is 13.8 Å². The maximum Gasteiger partial charge on any atom is 0.308 e. The van der Waals surface area contributed by atoms with Gasteiger partial charge in [-0.3, -0.25) is 4.79 Å². The number of ether oxygens (including phenoxy) is 1. The Balaban J connectivity index is 2.63. The summed E-state index contributed by atoms with van der Waals surface area (Å²) < 4.78 is 35.4. The van der Waals surface area contributed by atoms with Gasteiger partial charge in [-0.1, -0.05) is 11.6 Å². The van der Waals surface area contributed by atoms with Gasteiger partial charge in [-0.2, -0.15) is 0 Å². The van der Waals surface area contributed by atoms with Crippen molar-refractivity contribution < 1.29 is 27.5 Å². The van der Waals surface area contributed by atoms with Crippen LogP contribution in [0.25, 0.3) is 11.3 Å². The van der Waals surface area contributed by atoms with Crippen LogP contribution < -0.4 is 9.04 Å². The molecule has 0 aliphatic rings. The van der Waals surface area contributed by atoms with E-state index in [1.54, 1.807) is 24.3 Å². The van der Waals surface area contributed by atoms with Crippen molar-refractivity contribution in [3.8, 4) is 22.8 Å². The molecule has 0 radical (unpaired) electrons. The van der Waals surface area contributed by atoms with E-state index in [9.17, 15) is 18.3 Å². The largest absolute Gasteiger partial charge is 0.502 e. The van der Waals surface area contributed by atoms with Gasteiger partial charge in [0.05, 0.1) is 5.75 Å². The zero-order valence-electron chi connectivity index (χ0n) is 13.2. The van der Waals surface area contributed by atoms with Gasteiger partial charge in [0.25, 0.3) is 5.88 Å². The smallest absolute Gasteiger partial charge is 0.308 e. The molecule has 2 rings (SSSR count). The number of sulfonamides is 1. The average Bonchev–Trinajstić information content (AvgIpc) is 2.84. The highest BCUT2D eigenvalue weighted by atomic mass is 35.5. The molecule has 0 atom stereocenters. The summed E-state index contributed by atoms with van der Waals surface area (Å²) in [4.78, 5) is 11.3. The number of carbonyl (C=O) groups is 1. The van der Waals surface area contributed by atoms with Crippen molar-refractivity contribution in [3.05, 3.63) is 29.3 Å². The summed E-state index contributed by atoms with van der Waals surface area (Å²) in [7, 11) is -2.44. The Labute approximate surface area is 144 Å². The number of esters is 1. The fourth-order valence-electron chi connectivity index (χ4n) is 1.96. The van der Waals surface area contributed by atoms with E-state index < -0.39 is 21.7 Å². The molecule has 7 nitrogen and oxygen atoms in total. The Bertz CT molecular complexity index is 857. The SMILES string of the molecule is CCS(=O)(=O)N(C)c1oc(-c2ccc(Cl)cc2)c(O)c1OC(C)=O. The van der Waals surface area contributed by atoms with Crippen LogP contribution in [0.5, 0.6) is 11.5 Å². The van der Waals surface area contributed by atoms with Gasteiger partial charge < -0.3 is 14.3 Å². The van der Waals surface area contributed by atoms with Crippen LogP contribution in [0.3, 0.4) is 0 Å². The Morgan fingerprint density at radius 3 is 2.42 bits per heavy atom. The molecule has 0 spiro atoms. The molecule has 130 valence electrons. The normalized spacial score (nSPS) is 11.3. The predicted octanol–water partition coefficient (Wildman–Crippen LogP) is 3.02. The molecule has 0 saturated heterocycles. The summed E-state index contributed by atoms with van der Waals surface area (Å²) in [5.74, 6) is -2.06. The topological polar surface area (TPSA) is 97.1 Å². The molecular weight excluding hydrogens is 358 g/mol. The van der Waals surface area contributed by atoms with Crippen LogP contribution >= 0.6 is 11.6 Å². The molecule has 0 aliphatic heterocycles. The lowest BCUT2D eigenvalue weighted by Crippen LogP contribution is -2.28. The molecule has 0 saturated carbocycles. The molecule has 24 heavy (non-hydrogen) atoms. The highest BCUT2D eigenvalue weighted by Gasteiger charge is 2.31. The Kier molecular flexibility index (Phi) is 5.10. The molecule has 1 heterocycles. The lowest BCUT2D eigenvalue weighted by molar-refractivity contribution is -0.132. The fourth-order valence-corrected chi connectivity index (χ4v) is 2.84. The maximum absolute atomic E-state index is 12.1. The average molecular weight is 374 g/mol. The number of aromatic hydroxyl groups is 1. The van der Waals surface area contributed by atoms with E-state index in [4.69, 9.17) is 20.8 Å². The van der Waals surface area contributed by atoms with Gasteiger partial charge in [0, 0.05) is 24.6 Å². The zero-order chi connectivity index (χ0) is 18.1. The van der Waals surface area contributed by atoms with E-state index in [2.05, 4.69) is 0 Å². The number of halogens is 1. The molecule has 9 heteroatoms. The predicted molar refractivity (Wildman–Crippen MR) is 90.0 cm³/mol. The highest BCUT2D eigenvalue weighted by molar-refractivity contribution is 7.92. The van der Waals surface area contributed by atoms with Crippen molar-refractivity contribution in [2.45, 2.75) is 13.8 Å². The Morgan fingerprint density at radius 2 is 1.92 bits per heavy atom. The minimum absolute atomic E-state index is 0.0314. The third kappa shape index (κ3) is 3.49. The van der Waals surface area contributed by atoms with Crippen molar-refractivity contribution in [3.63, 3.8) is 0 Å². The molecule has 1 aromatic carbocycles. The molecule has 1 aromatic heterocycles. The van der Waals surface area contributed by atoms with Crippen LogP contribution in [0.4, 0.5) is 5.88 Å². The lowest BCUT2D eigenvalue weighted by atomic mass is 10.1. The van der Waals surface area contributed by atoms with Crippen LogP contribution in [0, 0.1) is 0 Å². The van der Waals surface area contributed by atoms with E-state index >= 15 is 0 Å². The number of benzene rings is 1. The van der Waals surface area contributed by atoms with Crippen molar-refractivity contribution in [1.82, 2.24) is 0 Å². The van der Waals surface area contributed by atoms with Crippen LogP contribution in [-0.4, -0.2) is 32.3 Å². The van der Waals surface area contributed by atoms with Gasteiger partial charge in [0.15, 0.2) is 5.76 Å². The second kappa shape index (κ2) is 6.74. The summed E-state index contributed by atoms with van der Waals surface area (Å²) >= 11 is 5.82. The summed E-state index contributed by atoms with van der Waals surface area (Å²) in [5, 5.41) is 10.8. The number of nitrogens with zero attached hydrogens (tertiary/aromatic N) is 1. The lowest BCUT2D eigenvalue weighted by Gasteiger charge is -2.16. The third-order valence-corrected chi connectivity index (χ3v) is 5.23. The summed E-state index contributed by atoms with van der Waals surface area (Å²) in [5.41, 5.74) is 0.443. The van der Waals surface area contributed by atoms with Crippen LogP contribution in [-0.2, 0) is 14.8 Å². The first kappa shape index (κ1) is 18.2. The van der Waals surface area contributed by atoms with E-state index in [0.29, 0.717) is 10.6 Å². The number of hydrogen-bond acceptors (Lipinski definition) is 6. The van der Waals surface area contributed by atoms with Crippen molar-refractivity contribution in [2.24, 2.45) is 0 Å². The number of rotatable bonds is 5. The van der Waals surface area contributed by atoms with E-state index in [1.807, 2.05) is 0 Å². The van der Waals surface area contributed by atoms with Gasteiger partial charge in [-0.05, 0) is 31.2 Å². The molecule has 0 amide bonds. The second-order valence-electron chi connectivity index (χ2n) is 4.88. The van der Waals surface area contributed by atoms with E-state index in [0.717, 1.165) is 11.2 Å². The van der Waals surface area contributed by atoms with Gasteiger partial charge in [-0.15, -0.1) is 0 Å². The molecule has 0 aliphatic carbocycles. The monoisotopic (exact) mass is 373 g/mol. The molecule has 0 bridgehead atoms. The Hall–Kier alpha value is -2.19. The highest BCUT2D eigenvalue weighted by Crippen LogP contribution is 2.48. The fraction of sp³-hybridized carbons (Fsp3) is 0.267. The molecule has 0 unspecified atom stereocenters. The summed E-state index contributed by atoms with van der Waals surface area (Å²) in [6, 6.07) is 6.32. The van der Waals surface area contributed by atoms with Crippen molar-refractivity contribution in [1.29, 1.82) is 0 Å². The first-order valence-electron chi connectivity index (χ1n) is 6.94. The van der Waals surface area contributed by atoms with Gasteiger partial charge in [0.2, 0.25) is 21.5 Å². The molecule has 0 fully saturated rings. The van der Waals surface area contributed by atoms with Crippen LogP contribution in [0.15, 0.2) is 28.7 Å². The van der Waals surface area contributed by atoms with E-state index in [1.165, 1.54) is 14.0 Å². The first-order valence-corrected chi connectivity index (χ1v) is 8.92. The molecule has 2 aromatic rings. The number of carbonyl (C=O) groups excluding carboxylic acids is 1. The third-order valence-electron chi connectivity index (χ3n) is 3.24. The van der Waals surface area contributed by atoms with Gasteiger partial charge in [-0.25, -0.2) is 12.7 Å². The number of furan rings is 1. The zero-order valence-corrected chi connectivity index (χ0v) is 14.8. The van der Waals surface area contributed by atoms with Crippen molar-refractivity contribution >= 4 is 33.5 Å². The Morgan fingerprint density at radius 1 is 1.33 bits per heavy atom. The minimum atomic E-state index is -3.69. The quantitative estimate of drug-likeness (QED) is 0.809. The minimum Gasteiger partial charge on any atom is -0.502 e. The van der Waals surface area contributed by atoms with Gasteiger partial charge >= 0.3 is 5.97 Å². The first-order chi connectivity index (χ1) is 11.2. The molecular formula is C15H16ClNO6S. The van der Waals surface area contributed by atoms with Crippen molar-refractivity contribution in [2.75, 3.05) is 17.1 Å². The second-order valence-corrected chi connectivity index (χ2v) is 7.61. The summed E-state index contributed by atoms with van der Waals surface area (Å²) in [6.45, 7) is 2.59. The summed E-state index contributed by atoms with van der Waals surface area (Å²) in [6.07, 6.45) is 0. The maximum atomic E-state index is 12.1. The molecule has 1 N–H and O–H groups in total. The van der Waals surface area contributed by atoms with Gasteiger partial charge in [0.1, 0.15) is 0 Å². The standard InChI is InChI=1S/C15H16ClNO6S/c1-4-24(20,21)17(3)15-14(22-9(2)18)12(19)13(23-15)10-5-7-11(16)8-6-10/h5-8,19H,4H2,1-3H3.